The smallest absolute Gasteiger partial charge is 0.336 e. The van der Waals surface area contributed by atoms with Crippen molar-refractivity contribution < 1.29 is 14.2 Å². The predicted molar refractivity (Wildman–Crippen MR) is 67.7 cm³/mol. The molecule has 18 heavy (non-hydrogen) atoms. The van der Waals surface area contributed by atoms with Gasteiger partial charge in [-0.2, -0.15) is 4.59 Å². The van der Waals surface area contributed by atoms with Crippen molar-refractivity contribution in [2.24, 2.45) is 11.7 Å². The second-order valence-corrected chi connectivity index (χ2v) is 5.28. The standard InChI is InChI=1S/C13H22N3O2/c1-2-16(10-4-3-5-12(16)17)15-8-6-11(7-9-15)13(14)18/h5,11H,2-4,6-10H2,1H3,(H-,14,18)/p+1. The van der Waals surface area contributed by atoms with Gasteiger partial charge in [-0.15, -0.1) is 5.01 Å². The molecule has 2 fully saturated rings. The van der Waals surface area contributed by atoms with Gasteiger partial charge in [0.15, 0.2) is 0 Å². The lowest BCUT2D eigenvalue weighted by Gasteiger charge is -2.47. The van der Waals surface area contributed by atoms with Gasteiger partial charge < -0.3 is 5.73 Å². The monoisotopic (exact) mass is 253 g/mol. The first-order chi connectivity index (χ1) is 8.60. The van der Waals surface area contributed by atoms with Crippen LogP contribution in [-0.4, -0.2) is 47.6 Å². The Morgan fingerprint density at radius 1 is 1.50 bits per heavy atom. The van der Waals surface area contributed by atoms with Gasteiger partial charge in [0.1, 0.15) is 13.1 Å². The molecular formula is C13H23N3O2+. The quantitative estimate of drug-likeness (QED) is 0.743. The molecule has 0 saturated carbocycles. The second-order valence-electron chi connectivity index (χ2n) is 5.28. The summed E-state index contributed by atoms with van der Waals surface area (Å²) >= 11 is 0. The zero-order chi connectivity index (χ0) is 13.2. The number of likely N-dealkylation sites (tertiary alicyclic amines) is 1. The molecule has 0 aromatic carbocycles. The van der Waals surface area contributed by atoms with E-state index in [1.165, 1.54) is 0 Å². The number of hydrogen-bond donors (Lipinski definition) is 1. The first kappa shape index (κ1) is 13.5. The average Bonchev–Trinajstić information content (AvgIpc) is 2.40. The van der Waals surface area contributed by atoms with Crippen LogP contribution in [0.1, 0.15) is 32.6 Å². The van der Waals surface area contributed by atoms with Crippen molar-refractivity contribution in [2.75, 3.05) is 26.2 Å². The minimum atomic E-state index is -0.200. The van der Waals surface area contributed by atoms with Crippen molar-refractivity contribution in [3.8, 4) is 0 Å². The number of nitrogens with two attached hydrogens (primary N) is 1. The Hall–Kier alpha value is -0.940. The molecule has 2 saturated heterocycles. The van der Waals surface area contributed by atoms with Crippen LogP contribution in [0.3, 0.4) is 0 Å². The Morgan fingerprint density at radius 2 is 2.17 bits per heavy atom. The minimum Gasteiger partial charge on any atom is -0.369 e. The Balaban J connectivity index is 2.06. The van der Waals surface area contributed by atoms with Crippen LogP contribution in [0.15, 0.2) is 0 Å². The molecule has 0 aromatic rings. The van der Waals surface area contributed by atoms with E-state index >= 15 is 0 Å². The molecule has 2 N–H and O–H groups in total. The molecule has 5 nitrogen and oxygen atoms in total. The van der Waals surface area contributed by atoms with E-state index in [4.69, 9.17) is 5.73 Å². The summed E-state index contributed by atoms with van der Waals surface area (Å²) in [6, 6.07) is 0. The Bertz CT molecular complexity index is 337. The van der Waals surface area contributed by atoms with Gasteiger partial charge in [-0.1, -0.05) is 0 Å². The fraction of sp³-hybridized carbons (Fsp3) is 0.769. The van der Waals surface area contributed by atoms with E-state index in [-0.39, 0.29) is 17.7 Å². The summed E-state index contributed by atoms with van der Waals surface area (Å²) in [5.41, 5.74) is 5.35. The van der Waals surface area contributed by atoms with Crippen molar-refractivity contribution in [2.45, 2.75) is 32.6 Å². The summed E-state index contributed by atoms with van der Waals surface area (Å²) in [4.78, 5) is 23.4. The van der Waals surface area contributed by atoms with Crippen LogP contribution in [0.2, 0.25) is 0 Å². The Morgan fingerprint density at radius 3 is 2.67 bits per heavy atom. The van der Waals surface area contributed by atoms with E-state index in [2.05, 4.69) is 11.9 Å². The van der Waals surface area contributed by atoms with E-state index in [0.717, 1.165) is 51.9 Å². The van der Waals surface area contributed by atoms with Crippen molar-refractivity contribution >= 4 is 11.8 Å². The van der Waals surface area contributed by atoms with Crippen LogP contribution in [0.4, 0.5) is 0 Å². The lowest BCUT2D eigenvalue weighted by molar-refractivity contribution is -0.969. The summed E-state index contributed by atoms with van der Waals surface area (Å²) in [7, 11) is 0. The lowest BCUT2D eigenvalue weighted by atomic mass is 9.96. The molecule has 0 aliphatic carbocycles. The first-order valence-electron chi connectivity index (χ1n) is 6.89. The average molecular weight is 253 g/mol. The maximum Gasteiger partial charge on any atom is 0.336 e. The van der Waals surface area contributed by atoms with Crippen LogP contribution in [0, 0.1) is 12.3 Å². The molecule has 1 atom stereocenters. The van der Waals surface area contributed by atoms with E-state index in [1.807, 2.05) is 6.42 Å². The van der Waals surface area contributed by atoms with Crippen molar-refractivity contribution in [3.63, 3.8) is 0 Å². The van der Waals surface area contributed by atoms with Gasteiger partial charge in [0, 0.05) is 19.0 Å². The number of primary amides is 1. The van der Waals surface area contributed by atoms with Crippen molar-refractivity contribution in [1.29, 1.82) is 0 Å². The Kier molecular flexibility index (Phi) is 4.02. The number of hydrogen-bond acceptors (Lipinski definition) is 3. The number of piperidine rings is 2. The summed E-state index contributed by atoms with van der Waals surface area (Å²) < 4.78 is 0.450. The number of rotatable bonds is 3. The molecular weight excluding hydrogens is 230 g/mol. The van der Waals surface area contributed by atoms with E-state index in [9.17, 15) is 9.59 Å². The first-order valence-corrected chi connectivity index (χ1v) is 6.89. The van der Waals surface area contributed by atoms with Gasteiger partial charge in [0.2, 0.25) is 5.91 Å². The van der Waals surface area contributed by atoms with E-state index in [1.54, 1.807) is 0 Å². The van der Waals surface area contributed by atoms with Gasteiger partial charge in [0.25, 0.3) is 0 Å². The molecule has 2 heterocycles. The van der Waals surface area contributed by atoms with Gasteiger partial charge in [-0.3, -0.25) is 4.79 Å². The Labute approximate surface area is 108 Å². The van der Waals surface area contributed by atoms with Crippen LogP contribution in [-0.2, 0) is 9.59 Å². The molecule has 2 rings (SSSR count). The summed E-state index contributed by atoms with van der Waals surface area (Å²) in [6.45, 7) is 5.35. The summed E-state index contributed by atoms with van der Waals surface area (Å²) in [5.74, 6) is 0.0116. The molecule has 2 aliphatic rings. The van der Waals surface area contributed by atoms with Gasteiger partial charge in [-0.25, -0.2) is 4.79 Å². The summed E-state index contributed by atoms with van der Waals surface area (Å²) in [6.07, 6.45) is 5.35. The maximum atomic E-state index is 12.2. The molecule has 0 spiro atoms. The third kappa shape index (κ3) is 2.29. The van der Waals surface area contributed by atoms with Crippen molar-refractivity contribution in [1.82, 2.24) is 5.01 Å². The summed E-state index contributed by atoms with van der Waals surface area (Å²) in [5, 5.41) is 2.23. The van der Waals surface area contributed by atoms with Gasteiger partial charge in [-0.05, 0) is 32.6 Å². The van der Waals surface area contributed by atoms with Crippen LogP contribution in [0.5, 0.6) is 0 Å². The number of carbonyl (C=O) groups excluding carboxylic acids is 2. The molecule has 2 aliphatic heterocycles. The highest BCUT2D eigenvalue weighted by molar-refractivity contribution is 5.79. The molecule has 101 valence electrons. The third-order valence-corrected chi connectivity index (χ3v) is 4.40. The SMILES string of the molecule is CC[N+]1(N2CCC(C(N)=O)CC2)CCC[CH]C1=O. The minimum absolute atomic E-state index is 0.0120. The lowest BCUT2D eigenvalue weighted by Crippen LogP contribution is -2.67. The topological polar surface area (TPSA) is 63.4 Å². The fourth-order valence-corrected chi connectivity index (χ4v) is 3.19. The number of quaternary nitrogens is 1. The molecule has 1 unspecified atom stereocenters. The van der Waals surface area contributed by atoms with Gasteiger partial charge >= 0.3 is 5.91 Å². The van der Waals surface area contributed by atoms with Crippen molar-refractivity contribution in [3.05, 3.63) is 6.42 Å². The third-order valence-electron chi connectivity index (χ3n) is 4.40. The highest BCUT2D eigenvalue weighted by Crippen LogP contribution is 2.27. The largest absolute Gasteiger partial charge is 0.369 e. The zero-order valence-corrected chi connectivity index (χ0v) is 11.1. The van der Waals surface area contributed by atoms with Gasteiger partial charge in [0.05, 0.1) is 6.42 Å². The molecule has 5 heteroatoms. The van der Waals surface area contributed by atoms with Crippen LogP contribution in [0.25, 0.3) is 0 Å². The zero-order valence-electron chi connectivity index (χ0n) is 11.1. The second kappa shape index (κ2) is 5.36. The molecule has 2 amide bonds. The van der Waals surface area contributed by atoms with E-state index < -0.39 is 0 Å². The highest BCUT2D eigenvalue weighted by Gasteiger charge is 2.45. The number of carbonyl (C=O) groups is 2. The molecule has 0 bridgehead atoms. The number of amides is 2. The van der Waals surface area contributed by atoms with Crippen LogP contribution >= 0.6 is 0 Å². The molecule has 0 aromatic heterocycles. The predicted octanol–water partition coefficient (Wildman–Crippen LogP) is 0.460. The van der Waals surface area contributed by atoms with E-state index in [0.29, 0.717) is 4.59 Å². The molecule has 1 radical (unpaired) electrons. The fourth-order valence-electron chi connectivity index (χ4n) is 3.19. The van der Waals surface area contributed by atoms with Crippen LogP contribution < -0.4 is 5.73 Å². The number of nitrogens with zero attached hydrogens (tertiary/aromatic N) is 2. The normalized spacial score (nSPS) is 31.5. The maximum absolute atomic E-state index is 12.2. The highest BCUT2D eigenvalue weighted by atomic mass is 16.2.